The molecule has 3 rings (SSSR count). The predicted molar refractivity (Wildman–Crippen MR) is 85.2 cm³/mol. The van der Waals surface area contributed by atoms with Gasteiger partial charge in [-0.25, -0.2) is 0 Å². The van der Waals surface area contributed by atoms with Gasteiger partial charge in [0.2, 0.25) is 0 Å². The lowest BCUT2D eigenvalue weighted by Crippen LogP contribution is -2.31. The Morgan fingerprint density at radius 3 is 2.62 bits per heavy atom. The van der Waals surface area contributed by atoms with Crippen LogP contribution in [-0.2, 0) is 5.41 Å². The first kappa shape index (κ1) is 14.1. The zero-order valence-corrected chi connectivity index (χ0v) is 12.9. The van der Waals surface area contributed by atoms with Crippen molar-refractivity contribution in [3.63, 3.8) is 0 Å². The van der Waals surface area contributed by atoms with Crippen LogP contribution in [-0.4, -0.2) is 19.1 Å². The van der Waals surface area contributed by atoms with Crippen LogP contribution in [0, 0.1) is 0 Å². The average Bonchev–Trinajstić information content (AvgIpc) is 3.09. The molecule has 21 heavy (non-hydrogen) atoms. The van der Waals surface area contributed by atoms with Gasteiger partial charge in [0.15, 0.2) is 0 Å². The van der Waals surface area contributed by atoms with Gasteiger partial charge in [-0.05, 0) is 55.5 Å². The molecule has 0 spiro atoms. The van der Waals surface area contributed by atoms with E-state index in [1.54, 1.807) is 11.3 Å². The standard InChI is InChI=1S/C17H19NO2S/c1-2-20-14-7-5-13(6-8-14)16(19)18-12-17(9-10-17)15-4-3-11-21-15/h3-8,11H,2,9-10,12H2,1H3,(H,18,19). The molecule has 1 aromatic carbocycles. The monoisotopic (exact) mass is 301 g/mol. The SMILES string of the molecule is CCOc1ccc(C(=O)NCC2(c3cccs3)CC2)cc1. The van der Waals surface area contributed by atoms with E-state index < -0.39 is 0 Å². The first-order chi connectivity index (χ1) is 10.2. The topological polar surface area (TPSA) is 38.3 Å². The highest BCUT2D eigenvalue weighted by atomic mass is 32.1. The number of amides is 1. The molecular weight excluding hydrogens is 282 g/mol. The van der Waals surface area contributed by atoms with Gasteiger partial charge in [-0.1, -0.05) is 6.07 Å². The molecule has 1 heterocycles. The zero-order valence-electron chi connectivity index (χ0n) is 12.1. The maximum atomic E-state index is 12.2. The van der Waals surface area contributed by atoms with Crippen LogP contribution >= 0.6 is 11.3 Å². The van der Waals surface area contributed by atoms with Crippen molar-refractivity contribution in [1.29, 1.82) is 0 Å². The maximum absolute atomic E-state index is 12.2. The molecule has 0 saturated heterocycles. The number of benzene rings is 1. The second kappa shape index (κ2) is 5.90. The molecule has 1 aromatic heterocycles. The van der Waals surface area contributed by atoms with Crippen LogP contribution in [0.3, 0.4) is 0 Å². The molecule has 1 fully saturated rings. The van der Waals surface area contributed by atoms with E-state index in [1.807, 2.05) is 31.2 Å². The van der Waals surface area contributed by atoms with Crippen LogP contribution in [0.2, 0.25) is 0 Å². The molecule has 1 aliphatic rings. The summed E-state index contributed by atoms with van der Waals surface area (Å²) in [6.07, 6.45) is 2.33. The fraction of sp³-hybridized carbons (Fsp3) is 0.353. The molecule has 4 heteroatoms. The lowest BCUT2D eigenvalue weighted by molar-refractivity contribution is 0.0950. The van der Waals surface area contributed by atoms with Crippen LogP contribution in [0.5, 0.6) is 5.75 Å². The Morgan fingerprint density at radius 2 is 2.05 bits per heavy atom. The number of hydrogen-bond acceptors (Lipinski definition) is 3. The molecule has 110 valence electrons. The molecule has 0 unspecified atom stereocenters. The summed E-state index contributed by atoms with van der Waals surface area (Å²) in [6, 6.07) is 11.5. The Bertz CT molecular complexity index is 600. The minimum atomic E-state index is -0.0131. The lowest BCUT2D eigenvalue weighted by atomic mass is 10.1. The Hall–Kier alpha value is -1.81. The fourth-order valence-corrected chi connectivity index (χ4v) is 3.45. The second-order valence-corrected chi connectivity index (χ2v) is 6.35. The first-order valence-electron chi connectivity index (χ1n) is 7.28. The lowest BCUT2D eigenvalue weighted by Gasteiger charge is -2.14. The van der Waals surface area contributed by atoms with Gasteiger partial charge in [0.25, 0.3) is 5.91 Å². The summed E-state index contributed by atoms with van der Waals surface area (Å²) in [7, 11) is 0. The highest BCUT2D eigenvalue weighted by Gasteiger charge is 2.45. The predicted octanol–water partition coefficient (Wildman–Crippen LogP) is 3.61. The van der Waals surface area contributed by atoms with Crippen molar-refractivity contribution in [1.82, 2.24) is 5.32 Å². The van der Waals surface area contributed by atoms with Gasteiger partial charge in [-0.2, -0.15) is 0 Å². The van der Waals surface area contributed by atoms with Crippen molar-refractivity contribution in [3.8, 4) is 5.75 Å². The molecule has 0 atom stereocenters. The summed E-state index contributed by atoms with van der Waals surface area (Å²) in [5.74, 6) is 0.784. The highest BCUT2D eigenvalue weighted by molar-refractivity contribution is 7.10. The third kappa shape index (κ3) is 3.10. The van der Waals surface area contributed by atoms with Gasteiger partial charge in [-0.15, -0.1) is 11.3 Å². The van der Waals surface area contributed by atoms with Crippen LogP contribution < -0.4 is 10.1 Å². The number of nitrogens with one attached hydrogen (secondary N) is 1. The Labute approximate surface area is 129 Å². The van der Waals surface area contributed by atoms with E-state index in [1.165, 1.54) is 4.88 Å². The molecule has 2 aromatic rings. The van der Waals surface area contributed by atoms with Gasteiger partial charge in [0.1, 0.15) is 5.75 Å². The summed E-state index contributed by atoms with van der Waals surface area (Å²) < 4.78 is 5.38. The van der Waals surface area contributed by atoms with E-state index in [9.17, 15) is 4.79 Å². The quantitative estimate of drug-likeness (QED) is 0.885. The smallest absolute Gasteiger partial charge is 0.251 e. The molecule has 3 nitrogen and oxygen atoms in total. The molecule has 1 saturated carbocycles. The van der Waals surface area contributed by atoms with Crippen molar-refractivity contribution in [2.24, 2.45) is 0 Å². The van der Waals surface area contributed by atoms with Gasteiger partial charge < -0.3 is 10.1 Å². The van der Waals surface area contributed by atoms with Crippen LogP contribution in [0.1, 0.15) is 35.0 Å². The Kier molecular flexibility index (Phi) is 3.97. The van der Waals surface area contributed by atoms with E-state index in [0.29, 0.717) is 12.2 Å². The van der Waals surface area contributed by atoms with Crippen molar-refractivity contribution < 1.29 is 9.53 Å². The summed E-state index contributed by atoms with van der Waals surface area (Å²) in [6.45, 7) is 3.30. The highest BCUT2D eigenvalue weighted by Crippen LogP contribution is 2.49. The fourth-order valence-electron chi connectivity index (χ4n) is 2.46. The van der Waals surface area contributed by atoms with Gasteiger partial charge in [0, 0.05) is 22.4 Å². The minimum Gasteiger partial charge on any atom is -0.494 e. The van der Waals surface area contributed by atoms with Crippen molar-refractivity contribution >= 4 is 17.2 Å². The number of ether oxygens (including phenoxy) is 1. The van der Waals surface area contributed by atoms with Crippen LogP contribution in [0.4, 0.5) is 0 Å². The summed E-state index contributed by atoms with van der Waals surface area (Å²) in [5.41, 5.74) is 0.871. The number of carbonyl (C=O) groups excluding carboxylic acids is 1. The summed E-state index contributed by atoms with van der Waals surface area (Å²) in [5, 5.41) is 5.17. The van der Waals surface area contributed by atoms with Crippen molar-refractivity contribution in [2.75, 3.05) is 13.2 Å². The molecule has 1 aliphatic carbocycles. The largest absolute Gasteiger partial charge is 0.494 e. The Balaban J connectivity index is 1.59. The average molecular weight is 301 g/mol. The van der Waals surface area contributed by atoms with Crippen molar-refractivity contribution in [2.45, 2.75) is 25.2 Å². The third-order valence-electron chi connectivity index (χ3n) is 3.91. The van der Waals surface area contributed by atoms with Crippen LogP contribution in [0.25, 0.3) is 0 Å². The zero-order chi connectivity index (χ0) is 14.7. The number of carbonyl (C=O) groups is 1. The number of thiophene rings is 1. The van der Waals surface area contributed by atoms with E-state index >= 15 is 0 Å². The Morgan fingerprint density at radius 1 is 1.29 bits per heavy atom. The summed E-state index contributed by atoms with van der Waals surface area (Å²) in [4.78, 5) is 13.6. The van der Waals surface area contributed by atoms with Gasteiger partial charge >= 0.3 is 0 Å². The van der Waals surface area contributed by atoms with E-state index in [2.05, 4.69) is 22.8 Å². The van der Waals surface area contributed by atoms with E-state index in [-0.39, 0.29) is 11.3 Å². The van der Waals surface area contributed by atoms with Crippen LogP contribution in [0.15, 0.2) is 41.8 Å². The summed E-state index contributed by atoms with van der Waals surface area (Å²) >= 11 is 1.78. The molecule has 0 aliphatic heterocycles. The van der Waals surface area contributed by atoms with Gasteiger partial charge in [0.05, 0.1) is 6.61 Å². The molecule has 1 N–H and O–H groups in total. The van der Waals surface area contributed by atoms with E-state index in [4.69, 9.17) is 4.74 Å². The number of hydrogen-bond donors (Lipinski definition) is 1. The normalized spacial score (nSPS) is 15.5. The molecule has 0 bridgehead atoms. The molecular formula is C17H19NO2S. The third-order valence-corrected chi connectivity index (χ3v) is 5.03. The first-order valence-corrected chi connectivity index (χ1v) is 8.16. The van der Waals surface area contributed by atoms with Gasteiger partial charge in [-0.3, -0.25) is 4.79 Å². The van der Waals surface area contributed by atoms with Crippen molar-refractivity contribution in [3.05, 3.63) is 52.2 Å². The molecule has 1 amide bonds. The minimum absolute atomic E-state index is 0.0131. The van der Waals surface area contributed by atoms with E-state index in [0.717, 1.165) is 25.1 Å². The second-order valence-electron chi connectivity index (χ2n) is 5.40. The molecule has 0 radical (unpaired) electrons. The maximum Gasteiger partial charge on any atom is 0.251 e. The number of rotatable bonds is 6.